The summed E-state index contributed by atoms with van der Waals surface area (Å²) in [6.07, 6.45) is 2.22. The third kappa shape index (κ3) is 7.37. The Morgan fingerprint density at radius 2 is 1.17 bits per heavy atom. The van der Waals surface area contributed by atoms with Gasteiger partial charge in [0.25, 0.3) is 0 Å². The molecule has 340 valence electrons. The van der Waals surface area contributed by atoms with Crippen molar-refractivity contribution in [1.82, 2.24) is 18.5 Å². The van der Waals surface area contributed by atoms with E-state index in [1.165, 1.54) is 5.56 Å². The van der Waals surface area contributed by atoms with E-state index in [0.29, 0.717) is 11.2 Å². The molecule has 12 aromatic rings. The van der Waals surface area contributed by atoms with Crippen LogP contribution in [0.4, 0.5) is 0 Å². The Morgan fingerprint density at radius 1 is 0.486 bits per heavy atom. The van der Waals surface area contributed by atoms with E-state index in [-0.39, 0.29) is 26.5 Å². The largest absolute Gasteiger partial charge is 0.510 e. The van der Waals surface area contributed by atoms with Gasteiger partial charge in [0.2, 0.25) is 0 Å². The van der Waals surface area contributed by atoms with E-state index in [1.54, 1.807) is 0 Å². The predicted octanol–water partition coefficient (Wildman–Crippen LogP) is 16.8. The van der Waals surface area contributed by atoms with Crippen LogP contribution in [-0.4, -0.2) is 18.5 Å². The molecule has 5 nitrogen and oxygen atoms in total. The van der Waals surface area contributed by atoms with E-state index < -0.39 is 0 Å². The summed E-state index contributed by atoms with van der Waals surface area (Å²) in [5.41, 5.74) is 14.5. The van der Waals surface area contributed by atoms with Gasteiger partial charge in [0.15, 0.2) is 0 Å². The Kier molecular flexibility index (Phi) is 10.6. The average molecular weight is 1080 g/mol. The minimum absolute atomic E-state index is 0. The molecule has 1 aliphatic heterocycles. The first-order valence-electron chi connectivity index (χ1n) is 23.5. The number of aromatic nitrogens is 4. The monoisotopic (exact) mass is 1080 g/mol. The van der Waals surface area contributed by atoms with Crippen LogP contribution in [0.2, 0.25) is 0 Å². The van der Waals surface area contributed by atoms with Gasteiger partial charge in [0.05, 0.1) is 5.52 Å². The van der Waals surface area contributed by atoms with Crippen molar-refractivity contribution in [3.63, 3.8) is 0 Å². The fourth-order valence-electron chi connectivity index (χ4n) is 10.2. The second kappa shape index (κ2) is 17.1. The van der Waals surface area contributed by atoms with E-state index in [2.05, 4.69) is 247 Å². The van der Waals surface area contributed by atoms with Crippen LogP contribution in [0.5, 0.6) is 0 Å². The molecule has 0 spiro atoms. The van der Waals surface area contributed by atoms with Gasteiger partial charge in [0.1, 0.15) is 5.65 Å². The number of pyridine rings is 1. The number of hydrogen-bond acceptors (Lipinski definition) is 2. The van der Waals surface area contributed by atoms with Gasteiger partial charge in [-0.25, -0.2) is 4.98 Å². The minimum atomic E-state index is -0.142. The number of benzene rings is 9. The van der Waals surface area contributed by atoms with Crippen molar-refractivity contribution in [2.24, 2.45) is 0 Å². The van der Waals surface area contributed by atoms with Crippen molar-refractivity contribution in [3.05, 3.63) is 236 Å². The van der Waals surface area contributed by atoms with Crippen LogP contribution in [0.15, 0.2) is 223 Å². The molecule has 0 fully saturated rings. The summed E-state index contributed by atoms with van der Waals surface area (Å²) in [4.78, 5) is 5.45. The van der Waals surface area contributed by atoms with E-state index >= 15 is 0 Å². The van der Waals surface area contributed by atoms with Crippen LogP contribution in [0.3, 0.4) is 0 Å². The Balaban J connectivity index is 0.00000505. The summed E-state index contributed by atoms with van der Waals surface area (Å²) in [5, 5.41) is 7.71. The predicted molar refractivity (Wildman–Crippen MR) is 287 cm³/mol. The zero-order valence-corrected chi connectivity index (χ0v) is 41.1. The van der Waals surface area contributed by atoms with Gasteiger partial charge in [-0.2, -0.15) is 24.3 Å². The van der Waals surface area contributed by atoms with Crippen molar-refractivity contribution < 1.29 is 25.5 Å². The fraction of sp³-hybridized carbons (Fsp3) is 0.0625. The molecule has 70 heavy (non-hydrogen) atoms. The average Bonchev–Trinajstić information content (AvgIpc) is 3.94. The quantitative estimate of drug-likeness (QED) is 0.162. The van der Waals surface area contributed by atoms with Crippen molar-refractivity contribution in [2.75, 3.05) is 0 Å². The Labute approximate surface area is 419 Å². The van der Waals surface area contributed by atoms with Gasteiger partial charge in [-0.1, -0.05) is 184 Å². The van der Waals surface area contributed by atoms with Crippen LogP contribution >= 0.6 is 0 Å². The third-order valence-corrected chi connectivity index (χ3v) is 13.6. The SMILES string of the molecule is CC(C)(C)c1cc(-c2ccccc2)c2c(c1)c1ccccc1c1cccc(c1)c1cccc(n1)n1c3[c-]c(ccc3c3cc(-c4ccccc4)ccc31)oc1[c-]c(ccc1)n1[cH-]n2-c2ccccc2-1.[Pt]. The molecule has 3 aromatic heterocycles. The molecule has 0 amide bonds. The van der Waals surface area contributed by atoms with Crippen LogP contribution < -0.4 is 0 Å². The molecule has 0 atom stereocenters. The summed E-state index contributed by atoms with van der Waals surface area (Å²) in [5.74, 6) is 0. The molecule has 1 aliphatic rings. The maximum atomic E-state index is 6.76. The normalized spacial score (nSPS) is 11.8. The van der Waals surface area contributed by atoms with Crippen LogP contribution in [0.25, 0.3) is 116 Å². The smallest absolute Gasteiger partial charge is 0.136 e. The standard InChI is InChI=1S/C64H45N4O.Pt/c1-64(2,3)47-37-54(43-19-8-5-9-20-43)63-56(38-47)52-26-11-10-25-51(52)45-21-14-22-46(35-45)57-27-16-30-62(65-57)68-58-34-31-44(42-17-6-4-7-18-42)36-55(58)53-33-32-50(40-61(53)68)69-49-24-15-23-48(39-49)66-41-67(63)60-29-13-12-28-59(60)66;/h4-38,41H,1-3H3;/q-3;. The zero-order valence-electron chi connectivity index (χ0n) is 38.8. The van der Waals surface area contributed by atoms with Crippen molar-refractivity contribution in [3.8, 4) is 33.6 Å². The molecule has 13 rings (SSSR count). The van der Waals surface area contributed by atoms with E-state index in [9.17, 15) is 0 Å². The van der Waals surface area contributed by atoms with Crippen molar-refractivity contribution >= 4 is 82.1 Å². The summed E-state index contributed by atoms with van der Waals surface area (Å²) in [6, 6.07) is 83.1. The van der Waals surface area contributed by atoms with E-state index in [0.717, 1.165) is 105 Å². The minimum Gasteiger partial charge on any atom is -0.510 e. The van der Waals surface area contributed by atoms with Crippen LogP contribution in [-0.2, 0) is 26.5 Å². The van der Waals surface area contributed by atoms with Gasteiger partial charge in [-0.3, -0.25) is 0 Å². The summed E-state index contributed by atoms with van der Waals surface area (Å²) >= 11 is 0. The second-order valence-corrected chi connectivity index (χ2v) is 18.9. The molecule has 0 aliphatic carbocycles. The second-order valence-electron chi connectivity index (χ2n) is 18.9. The number of fused-ring (bicyclic) bond motifs is 23. The molecular formula is C64H45N4OPt-3. The van der Waals surface area contributed by atoms with E-state index in [1.807, 2.05) is 18.2 Å². The van der Waals surface area contributed by atoms with Crippen molar-refractivity contribution in [2.45, 2.75) is 26.2 Å². The first-order valence-corrected chi connectivity index (χ1v) is 23.5. The topological polar surface area (TPSA) is 40.3 Å². The van der Waals surface area contributed by atoms with Crippen LogP contribution in [0, 0.1) is 12.1 Å². The number of rotatable bonds is 2. The molecule has 0 saturated carbocycles. The Hall–Kier alpha value is -8.11. The molecule has 0 radical (unpaired) electrons. The number of imidazole rings is 1. The van der Waals surface area contributed by atoms with Gasteiger partial charge in [0, 0.05) is 49.5 Å². The molecule has 4 heterocycles. The summed E-state index contributed by atoms with van der Waals surface area (Å²) in [6.45, 7) is 6.90. The molecule has 9 aromatic carbocycles. The summed E-state index contributed by atoms with van der Waals surface area (Å²) < 4.78 is 13.6. The van der Waals surface area contributed by atoms with Gasteiger partial charge in [-0.15, -0.1) is 29.1 Å². The van der Waals surface area contributed by atoms with Crippen molar-refractivity contribution in [1.29, 1.82) is 0 Å². The molecule has 10 bridgehead atoms. The molecule has 6 heteroatoms. The number of hydrogen-bond donors (Lipinski definition) is 0. The zero-order chi connectivity index (χ0) is 46.2. The third-order valence-electron chi connectivity index (χ3n) is 13.6. The molecule has 0 unspecified atom stereocenters. The first kappa shape index (κ1) is 43.2. The van der Waals surface area contributed by atoms with Gasteiger partial charge < -0.3 is 18.0 Å². The number of para-hydroxylation sites is 2. The molecule has 0 N–H and O–H groups in total. The fourth-order valence-corrected chi connectivity index (χ4v) is 10.2. The first-order chi connectivity index (χ1) is 33.8. The van der Waals surface area contributed by atoms with E-state index in [4.69, 9.17) is 9.40 Å². The maximum Gasteiger partial charge on any atom is 0.136 e. The van der Waals surface area contributed by atoms with Gasteiger partial charge in [-0.05, 0) is 101 Å². The Bertz CT molecular complexity index is 4290. The Morgan fingerprint density at radius 3 is 1.97 bits per heavy atom. The molecular weight excluding hydrogens is 1040 g/mol. The molecule has 0 saturated heterocycles. The summed E-state index contributed by atoms with van der Waals surface area (Å²) in [7, 11) is 0. The van der Waals surface area contributed by atoms with Crippen LogP contribution in [0.1, 0.15) is 26.3 Å². The number of nitrogens with zero attached hydrogens (tertiary/aromatic N) is 4. The van der Waals surface area contributed by atoms with Gasteiger partial charge >= 0.3 is 0 Å². The maximum absolute atomic E-state index is 6.76.